The Morgan fingerprint density at radius 2 is 1.93 bits per heavy atom. The maximum atomic E-state index is 11.9. The number of rotatable bonds is 6. The van der Waals surface area contributed by atoms with Crippen molar-refractivity contribution in [2.24, 2.45) is 0 Å². The van der Waals surface area contributed by atoms with Crippen LogP contribution in [0.4, 0.5) is 0 Å². The van der Waals surface area contributed by atoms with Crippen LogP contribution in [-0.2, 0) is 13.6 Å². The van der Waals surface area contributed by atoms with Crippen molar-refractivity contribution in [3.63, 3.8) is 0 Å². The Hall–Kier alpha value is -0.620. The predicted molar refractivity (Wildman–Crippen MR) is 55.1 cm³/mol. The summed E-state index contributed by atoms with van der Waals surface area (Å²) in [6.45, 7) is 5.94. The molecule has 0 N–H and O–H groups in total. The van der Waals surface area contributed by atoms with Crippen molar-refractivity contribution in [2.45, 2.75) is 20.8 Å². The average Bonchev–Trinajstić information content (AvgIpc) is 2.04. The van der Waals surface area contributed by atoms with E-state index in [0.717, 1.165) is 0 Å². The summed E-state index contributed by atoms with van der Waals surface area (Å²) >= 11 is 0. The molecule has 0 aromatic carbocycles. The molecule has 0 aliphatic carbocycles. The second kappa shape index (κ2) is 6.78. The van der Waals surface area contributed by atoms with Gasteiger partial charge in [-0.3, -0.25) is 4.57 Å². The first-order valence-electron chi connectivity index (χ1n) is 4.51. The van der Waals surface area contributed by atoms with E-state index in [1.165, 1.54) is 6.08 Å². The van der Waals surface area contributed by atoms with Crippen LogP contribution in [0.2, 0.25) is 0 Å². The molecule has 0 heterocycles. The second-order valence-corrected chi connectivity index (χ2v) is 4.78. The summed E-state index contributed by atoms with van der Waals surface area (Å²) in [6, 6.07) is 1.88. The van der Waals surface area contributed by atoms with Crippen LogP contribution in [0.25, 0.3) is 0 Å². The lowest BCUT2D eigenvalue weighted by Gasteiger charge is -2.16. The average molecular weight is 222 g/mol. The summed E-state index contributed by atoms with van der Waals surface area (Å²) in [6.07, 6.45) is 1.53. The van der Waals surface area contributed by atoms with Gasteiger partial charge in [0.1, 0.15) is 0 Å². The summed E-state index contributed by atoms with van der Waals surface area (Å²) < 4.78 is 22.0. The van der Waals surface area contributed by atoms with E-state index in [4.69, 9.17) is 14.3 Å². The Morgan fingerprint density at radius 1 is 1.43 bits per heavy atom. The zero-order valence-corrected chi connectivity index (χ0v) is 9.71. The molecule has 14 heavy (non-hydrogen) atoms. The Bertz CT molecular complexity index is 270. The molecule has 0 saturated carbocycles. The maximum absolute atomic E-state index is 11.9. The molecule has 0 spiro atoms. The van der Waals surface area contributed by atoms with Gasteiger partial charge < -0.3 is 9.05 Å². The molecule has 0 rings (SSSR count). The van der Waals surface area contributed by atoms with Gasteiger partial charge in [0.25, 0.3) is 0 Å². The normalized spacial score (nSPS) is 12.6. The highest BCUT2D eigenvalue weighted by atomic mass is 31.2. The third-order valence-electron chi connectivity index (χ3n) is 1.41. The molecule has 5 heteroatoms. The van der Waals surface area contributed by atoms with Crippen LogP contribution in [0.3, 0.4) is 0 Å². The number of nitriles is 1. The van der Waals surface area contributed by atoms with E-state index in [0.29, 0.717) is 18.8 Å². The van der Waals surface area contributed by atoms with Crippen molar-refractivity contribution in [3.8, 4) is 6.07 Å². The van der Waals surface area contributed by atoms with Crippen molar-refractivity contribution in [3.05, 3.63) is 11.6 Å². The molecule has 0 aromatic rings. The molecule has 0 radical (unpaired) electrons. The molecule has 0 unspecified atom stereocenters. The van der Waals surface area contributed by atoms with Crippen LogP contribution in [0.15, 0.2) is 11.6 Å². The molecule has 0 bridgehead atoms. The maximum Gasteiger partial charge on any atom is 0.334 e. The molecule has 80 valence electrons. The van der Waals surface area contributed by atoms with Gasteiger partial charge >= 0.3 is 7.60 Å². The molecule has 0 aromatic heterocycles. The van der Waals surface area contributed by atoms with Crippen molar-refractivity contribution < 1.29 is 13.6 Å². The van der Waals surface area contributed by atoms with E-state index in [2.05, 4.69) is 0 Å². The van der Waals surface area contributed by atoms with Crippen molar-refractivity contribution in [1.82, 2.24) is 0 Å². The number of hydrogen-bond acceptors (Lipinski definition) is 4. The van der Waals surface area contributed by atoms with Gasteiger partial charge in [-0.2, -0.15) is 5.26 Å². The highest BCUT2D eigenvalue weighted by Gasteiger charge is 2.23. The summed E-state index contributed by atoms with van der Waals surface area (Å²) in [5.41, 5.74) is 0.706. The first-order valence-corrected chi connectivity index (χ1v) is 6.24. The van der Waals surface area contributed by atoms with Crippen LogP contribution in [-0.4, -0.2) is 19.4 Å². The molecule has 0 aliphatic heterocycles. The molecular formula is C9H16NO3P. The molecule has 0 fully saturated rings. The molecule has 0 aliphatic rings. The highest BCUT2D eigenvalue weighted by Crippen LogP contribution is 2.49. The predicted octanol–water partition coefficient (Wildman–Crippen LogP) is 2.72. The molecule has 0 atom stereocenters. The van der Waals surface area contributed by atoms with Gasteiger partial charge in [-0.15, -0.1) is 0 Å². The first kappa shape index (κ1) is 13.4. The third kappa shape index (κ3) is 5.18. The second-order valence-electron chi connectivity index (χ2n) is 2.72. The lowest BCUT2D eigenvalue weighted by molar-refractivity contribution is 0.222. The topological polar surface area (TPSA) is 59.3 Å². The van der Waals surface area contributed by atoms with Crippen molar-refractivity contribution in [1.29, 1.82) is 5.26 Å². The molecular weight excluding hydrogens is 206 g/mol. The Labute approximate surface area is 85.1 Å². The summed E-state index contributed by atoms with van der Waals surface area (Å²) in [5.74, 6) is 0. The van der Waals surface area contributed by atoms with E-state index in [1.54, 1.807) is 20.8 Å². The number of nitrogens with zero attached hydrogens (tertiary/aromatic N) is 1. The lowest BCUT2D eigenvalue weighted by Crippen LogP contribution is -2.01. The van der Waals surface area contributed by atoms with Gasteiger partial charge in [-0.05, 0) is 20.8 Å². The van der Waals surface area contributed by atoms with Crippen LogP contribution in [0.5, 0.6) is 0 Å². The standard InChI is InChI=1S/C9H16NO3P/c1-4-12-14(11,13-5-2)8-9(3)6-7-10/h6H,4-5,8H2,1-3H3/b9-6+/i3+1,6+1,7+1,8+1,9+1. The molecule has 4 nitrogen and oxygen atoms in total. The quantitative estimate of drug-likeness (QED) is 0.394. The first-order chi connectivity index (χ1) is 6.58. The van der Waals surface area contributed by atoms with Crippen LogP contribution < -0.4 is 0 Å². The van der Waals surface area contributed by atoms with Gasteiger partial charge in [-0.1, -0.05) is 5.57 Å². The van der Waals surface area contributed by atoms with E-state index >= 15 is 0 Å². The SMILES string of the molecule is CCOP(=O)([13CH2]/[13C]([13CH3])=[13CH]/[13C]#N)OCC. The van der Waals surface area contributed by atoms with Crippen molar-refractivity contribution in [2.75, 3.05) is 19.4 Å². The zero-order chi connectivity index (χ0) is 11.0. The molecule has 0 amide bonds. The zero-order valence-electron chi connectivity index (χ0n) is 8.82. The summed E-state index contributed by atoms with van der Waals surface area (Å²) in [7, 11) is -3.02. The van der Waals surface area contributed by atoms with Gasteiger partial charge in [0.15, 0.2) is 0 Å². The Balaban J connectivity index is 4.45. The minimum absolute atomic E-state index is 0.183. The Morgan fingerprint density at radius 3 is 2.29 bits per heavy atom. The minimum Gasteiger partial charge on any atom is -0.309 e. The fourth-order valence-electron chi connectivity index (χ4n) is 0.983. The molecule has 0 saturated heterocycles. The van der Waals surface area contributed by atoms with E-state index in [1.807, 2.05) is 6.07 Å². The number of hydrogen-bond donors (Lipinski definition) is 0. The van der Waals surface area contributed by atoms with Gasteiger partial charge in [0.2, 0.25) is 0 Å². The van der Waals surface area contributed by atoms with Crippen LogP contribution in [0.1, 0.15) is 20.8 Å². The fraction of sp³-hybridized carbons (Fsp3) is 0.667. The van der Waals surface area contributed by atoms with E-state index < -0.39 is 7.60 Å². The highest BCUT2D eigenvalue weighted by molar-refractivity contribution is 7.54. The van der Waals surface area contributed by atoms with Crippen LogP contribution >= 0.6 is 7.60 Å². The van der Waals surface area contributed by atoms with Gasteiger partial charge in [-0.25, -0.2) is 0 Å². The van der Waals surface area contributed by atoms with Crippen molar-refractivity contribution >= 4 is 7.60 Å². The number of allylic oxidation sites excluding steroid dienone is 2. The van der Waals surface area contributed by atoms with E-state index in [-0.39, 0.29) is 6.16 Å². The summed E-state index contributed by atoms with van der Waals surface area (Å²) in [5, 5.41) is 8.40. The largest absolute Gasteiger partial charge is 0.334 e. The third-order valence-corrected chi connectivity index (χ3v) is 3.59. The minimum atomic E-state index is -3.02. The van der Waals surface area contributed by atoms with Crippen LogP contribution in [0, 0.1) is 11.3 Å². The summed E-state index contributed by atoms with van der Waals surface area (Å²) in [4.78, 5) is 0. The Kier molecular flexibility index (Phi) is 6.48. The van der Waals surface area contributed by atoms with Gasteiger partial charge in [0, 0.05) is 6.08 Å². The van der Waals surface area contributed by atoms with Gasteiger partial charge in [0.05, 0.1) is 25.4 Å². The van der Waals surface area contributed by atoms with E-state index in [9.17, 15) is 4.57 Å². The lowest BCUT2D eigenvalue weighted by atomic mass is 10.9. The monoisotopic (exact) mass is 222 g/mol. The fourth-order valence-corrected chi connectivity index (χ4v) is 2.73. The smallest absolute Gasteiger partial charge is 0.309 e.